The third kappa shape index (κ3) is 1.60. The number of carbonyl (C=O) groups excluding carboxylic acids is 2. The van der Waals surface area contributed by atoms with Crippen LogP contribution < -0.4 is 4.90 Å². The second-order valence-corrected chi connectivity index (χ2v) is 6.25. The third-order valence-electron chi connectivity index (χ3n) is 5.30. The highest BCUT2D eigenvalue weighted by Gasteiger charge is 2.61. The van der Waals surface area contributed by atoms with Crippen LogP contribution in [0.4, 0.5) is 5.69 Å². The molecule has 2 amide bonds. The Morgan fingerprint density at radius 1 is 1.00 bits per heavy atom. The molecule has 1 aromatic rings. The van der Waals surface area contributed by atoms with Gasteiger partial charge in [-0.2, -0.15) is 0 Å². The van der Waals surface area contributed by atoms with E-state index in [1.807, 2.05) is 0 Å². The Bertz CT molecular complexity index is 623. The number of aromatic carboxylic acids is 1. The molecule has 1 heterocycles. The monoisotopic (exact) mass is 285 g/mol. The Morgan fingerprint density at radius 2 is 1.52 bits per heavy atom. The molecule has 3 fully saturated rings. The summed E-state index contributed by atoms with van der Waals surface area (Å²) in [6, 6.07) is 5.95. The lowest BCUT2D eigenvalue weighted by atomic mass is 9.81. The molecule has 0 spiro atoms. The van der Waals surface area contributed by atoms with Crippen LogP contribution >= 0.6 is 0 Å². The second kappa shape index (κ2) is 4.16. The summed E-state index contributed by atoms with van der Waals surface area (Å²) in [5.41, 5.74) is 0.641. The Balaban J connectivity index is 1.68. The maximum Gasteiger partial charge on any atom is 0.335 e. The molecular weight excluding hydrogens is 270 g/mol. The summed E-state index contributed by atoms with van der Waals surface area (Å²) in [7, 11) is 0. The summed E-state index contributed by atoms with van der Waals surface area (Å²) < 4.78 is 0. The summed E-state index contributed by atoms with van der Waals surface area (Å²) in [6.45, 7) is 0. The molecule has 2 saturated carbocycles. The molecule has 1 N–H and O–H groups in total. The topological polar surface area (TPSA) is 74.7 Å². The minimum Gasteiger partial charge on any atom is -0.478 e. The number of carboxylic acid groups (broad SMARTS) is 1. The van der Waals surface area contributed by atoms with E-state index in [0.717, 1.165) is 19.3 Å². The smallest absolute Gasteiger partial charge is 0.335 e. The lowest BCUT2D eigenvalue weighted by Gasteiger charge is -2.19. The standard InChI is InChI=1S/C16H15NO4/c18-14-12-9-1-2-10(7-9)13(12)15(19)17(14)11-5-3-8(4-6-11)16(20)21/h3-6,9-10,12-13H,1-2,7H2,(H,20,21)/t9-,10+,12-,13-/m0/s1. The van der Waals surface area contributed by atoms with Crippen molar-refractivity contribution in [2.24, 2.45) is 23.7 Å². The van der Waals surface area contributed by atoms with Crippen molar-refractivity contribution in [3.05, 3.63) is 29.8 Å². The van der Waals surface area contributed by atoms with E-state index in [-0.39, 0.29) is 29.2 Å². The van der Waals surface area contributed by atoms with Crippen molar-refractivity contribution >= 4 is 23.5 Å². The Labute approximate surface area is 121 Å². The molecule has 1 aliphatic heterocycles. The zero-order valence-electron chi connectivity index (χ0n) is 11.4. The van der Waals surface area contributed by atoms with Gasteiger partial charge in [0.2, 0.25) is 11.8 Å². The van der Waals surface area contributed by atoms with E-state index in [4.69, 9.17) is 5.11 Å². The third-order valence-corrected chi connectivity index (χ3v) is 5.30. The van der Waals surface area contributed by atoms with Crippen molar-refractivity contribution in [1.29, 1.82) is 0 Å². The van der Waals surface area contributed by atoms with Gasteiger partial charge in [0.25, 0.3) is 0 Å². The molecule has 2 aliphatic carbocycles. The summed E-state index contributed by atoms with van der Waals surface area (Å²) in [6.07, 6.45) is 3.12. The molecule has 21 heavy (non-hydrogen) atoms. The van der Waals surface area contributed by atoms with Crippen LogP contribution in [0.5, 0.6) is 0 Å². The van der Waals surface area contributed by atoms with Crippen molar-refractivity contribution in [2.45, 2.75) is 19.3 Å². The van der Waals surface area contributed by atoms with Crippen LogP contribution in [-0.2, 0) is 9.59 Å². The minimum absolute atomic E-state index is 0.0970. The molecule has 0 unspecified atom stereocenters. The number of carbonyl (C=O) groups is 3. The first-order valence-electron chi connectivity index (χ1n) is 7.29. The number of benzene rings is 1. The average molecular weight is 285 g/mol. The van der Waals surface area contributed by atoms with Crippen LogP contribution in [0, 0.1) is 23.7 Å². The normalized spacial score (nSPS) is 33.6. The molecule has 0 aromatic heterocycles. The number of rotatable bonds is 2. The summed E-state index contributed by atoms with van der Waals surface area (Å²) in [5, 5.41) is 8.91. The van der Waals surface area contributed by atoms with Crippen LogP contribution in [-0.4, -0.2) is 22.9 Å². The predicted octanol–water partition coefficient (Wildman–Crippen LogP) is 1.92. The SMILES string of the molecule is O=C(O)c1ccc(N2C(=O)[C@H]3[C@@H]4CC[C@@H](C4)[C@@H]3C2=O)cc1. The lowest BCUT2D eigenvalue weighted by Crippen LogP contribution is -2.32. The minimum atomic E-state index is -1.02. The summed E-state index contributed by atoms with van der Waals surface area (Å²) >= 11 is 0. The number of amides is 2. The molecular formula is C16H15NO4. The van der Waals surface area contributed by atoms with E-state index < -0.39 is 5.97 Å². The first kappa shape index (κ1) is 12.6. The fraction of sp³-hybridized carbons (Fsp3) is 0.438. The number of fused-ring (bicyclic) bond motifs is 5. The van der Waals surface area contributed by atoms with E-state index in [1.165, 1.54) is 17.0 Å². The quantitative estimate of drug-likeness (QED) is 0.842. The van der Waals surface area contributed by atoms with Crippen molar-refractivity contribution in [3.8, 4) is 0 Å². The number of hydrogen-bond acceptors (Lipinski definition) is 3. The fourth-order valence-electron chi connectivity index (χ4n) is 4.42. The predicted molar refractivity (Wildman–Crippen MR) is 73.7 cm³/mol. The molecule has 3 aliphatic rings. The number of carboxylic acids is 1. The van der Waals surface area contributed by atoms with Crippen LogP contribution in [0.1, 0.15) is 29.6 Å². The molecule has 108 valence electrons. The van der Waals surface area contributed by atoms with Gasteiger partial charge in [0, 0.05) is 0 Å². The lowest BCUT2D eigenvalue weighted by molar-refractivity contribution is -0.123. The van der Waals surface area contributed by atoms with E-state index in [2.05, 4.69) is 0 Å². The van der Waals surface area contributed by atoms with Gasteiger partial charge >= 0.3 is 5.97 Å². The molecule has 1 aromatic carbocycles. The second-order valence-electron chi connectivity index (χ2n) is 6.25. The van der Waals surface area contributed by atoms with Crippen molar-refractivity contribution in [3.63, 3.8) is 0 Å². The average Bonchev–Trinajstić information content (AvgIpc) is 3.13. The van der Waals surface area contributed by atoms with Crippen LogP contribution in [0.3, 0.4) is 0 Å². The Hall–Kier alpha value is -2.17. The van der Waals surface area contributed by atoms with Crippen molar-refractivity contribution in [2.75, 3.05) is 4.90 Å². The zero-order valence-corrected chi connectivity index (χ0v) is 11.4. The van der Waals surface area contributed by atoms with Crippen LogP contribution in [0.2, 0.25) is 0 Å². The number of anilines is 1. The van der Waals surface area contributed by atoms with E-state index in [9.17, 15) is 14.4 Å². The summed E-state index contributed by atoms with van der Waals surface area (Å²) in [4.78, 5) is 37.3. The van der Waals surface area contributed by atoms with Gasteiger partial charge < -0.3 is 5.11 Å². The number of hydrogen-bond donors (Lipinski definition) is 1. The largest absolute Gasteiger partial charge is 0.478 e. The van der Waals surface area contributed by atoms with Crippen molar-refractivity contribution < 1.29 is 19.5 Å². The molecule has 1 saturated heterocycles. The first-order valence-corrected chi connectivity index (χ1v) is 7.29. The van der Waals surface area contributed by atoms with E-state index >= 15 is 0 Å². The first-order chi connectivity index (χ1) is 10.1. The highest BCUT2D eigenvalue weighted by atomic mass is 16.4. The highest BCUT2D eigenvalue weighted by Crippen LogP contribution is 2.56. The molecule has 5 heteroatoms. The van der Waals surface area contributed by atoms with Gasteiger partial charge in [-0.1, -0.05) is 0 Å². The summed E-state index contributed by atoms with van der Waals surface area (Å²) in [5.74, 6) is -0.777. The van der Waals surface area contributed by atoms with Crippen molar-refractivity contribution in [1.82, 2.24) is 0 Å². The molecule has 4 atom stereocenters. The van der Waals surface area contributed by atoms with Crippen LogP contribution in [0.15, 0.2) is 24.3 Å². The van der Waals surface area contributed by atoms with E-state index in [1.54, 1.807) is 12.1 Å². The Morgan fingerprint density at radius 3 is 2.00 bits per heavy atom. The van der Waals surface area contributed by atoms with Gasteiger partial charge in [-0.3, -0.25) is 14.5 Å². The van der Waals surface area contributed by atoms with Gasteiger partial charge in [0.1, 0.15) is 0 Å². The fourth-order valence-corrected chi connectivity index (χ4v) is 4.42. The number of imide groups is 1. The van der Waals surface area contributed by atoms with E-state index in [0.29, 0.717) is 17.5 Å². The van der Waals surface area contributed by atoms with Gasteiger partial charge in [-0.25, -0.2) is 4.79 Å². The van der Waals surface area contributed by atoms with Crippen LogP contribution in [0.25, 0.3) is 0 Å². The Kier molecular flexibility index (Phi) is 2.49. The molecule has 5 nitrogen and oxygen atoms in total. The molecule has 0 radical (unpaired) electrons. The maximum absolute atomic E-state index is 12.6. The zero-order chi connectivity index (χ0) is 14.7. The van der Waals surface area contributed by atoms with Gasteiger partial charge in [-0.15, -0.1) is 0 Å². The van der Waals surface area contributed by atoms with Gasteiger partial charge in [0.15, 0.2) is 0 Å². The highest BCUT2D eigenvalue weighted by molar-refractivity contribution is 6.22. The maximum atomic E-state index is 12.6. The van der Waals surface area contributed by atoms with Gasteiger partial charge in [0.05, 0.1) is 23.1 Å². The molecule has 2 bridgehead atoms. The molecule has 4 rings (SSSR count). The number of nitrogens with zero attached hydrogens (tertiary/aromatic N) is 1. The van der Waals surface area contributed by atoms with Gasteiger partial charge in [-0.05, 0) is 55.4 Å².